The molecule has 0 aliphatic carbocycles. The van der Waals surface area contributed by atoms with Crippen LogP contribution in [-0.2, 0) is 16.6 Å². The quantitative estimate of drug-likeness (QED) is 0.459. The predicted molar refractivity (Wildman–Crippen MR) is 98.8 cm³/mol. The Balaban J connectivity index is 0.00000220. The van der Waals surface area contributed by atoms with Crippen molar-refractivity contribution in [2.45, 2.75) is 32.6 Å². The summed E-state index contributed by atoms with van der Waals surface area (Å²) in [6.07, 6.45) is 0.845. The molecule has 0 amide bonds. The maximum atomic E-state index is 5.99. The molecule has 120 valence electrons. The fourth-order valence-electron chi connectivity index (χ4n) is 1.94. The van der Waals surface area contributed by atoms with Gasteiger partial charge in [-0.25, -0.2) is 4.98 Å². The van der Waals surface area contributed by atoms with Crippen LogP contribution in [0.2, 0.25) is 0 Å². The Bertz CT molecular complexity index is 464. The molecule has 1 aromatic rings. The average Bonchev–Trinajstić information content (AvgIpc) is 2.88. The van der Waals surface area contributed by atoms with Crippen LogP contribution in [0.25, 0.3) is 0 Å². The summed E-state index contributed by atoms with van der Waals surface area (Å²) in [5.74, 6) is 0.625. The molecular formula is C14H25IN4OS. The molecule has 0 bridgehead atoms. The molecule has 2 N–H and O–H groups in total. The SMILES string of the molecule is CC(C)(C)c1nc(CCN=C(N)N2CCOCC2)cs1.I. The molecule has 2 heterocycles. The summed E-state index contributed by atoms with van der Waals surface area (Å²) in [7, 11) is 0. The highest BCUT2D eigenvalue weighted by Crippen LogP contribution is 2.25. The fraction of sp³-hybridized carbons (Fsp3) is 0.714. The van der Waals surface area contributed by atoms with Gasteiger partial charge in [0.1, 0.15) is 0 Å². The van der Waals surface area contributed by atoms with E-state index in [0.29, 0.717) is 12.5 Å². The van der Waals surface area contributed by atoms with E-state index in [2.05, 4.69) is 41.0 Å². The van der Waals surface area contributed by atoms with Gasteiger partial charge in [-0.2, -0.15) is 0 Å². The van der Waals surface area contributed by atoms with Gasteiger partial charge in [-0.15, -0.1) is 35.3 Å². The minimum atomic E-state index is 0. The Morgan fingerprint density at radius 2 is 2.10 bits per heavy atom. The molecule has 1 saturated heterocycles. The second-order valence-corrected chi connectivity index (χ2v) is 6.84. The number of nitrogens with two attached hydrogens (primary N) is 1. The molecule has 0 atom stereocenters. The van der Waals surface area contributed by atoms with E-state index in [1.807, 2.05) is 0 Å². The molecule has 0 spiro atoms. The lowest BCUT2D eigenvalue weighted by Gasteiger charge is -2.27. The molecule has 0 saturated carbocycles. The molecule has 0 radical (unpaired) electrons. The number of nitrogens with zero attached hydrogens (tertiary/aromatic N) is 3. The first kappa shape index (κ1) is 18.6. The summed E-state index contributed by atoms with van der Waals surface area (Å²) in [5, 5.41) is 3.30. The third kappa shape index (κ3) is 5.71. The lowest BCUT2D eigenvalue weighted by molar-refractivity contribution is 0.0674. The van der Waals surface area contributed by atoms with E-state index in [1.165, 1.54) is 5.01 Å². The van der Waals surface area contributed by atoms with Gasteiger partial charge in [-0.3, -0.25) is 4.99 Å². The van der Waals surface area contributed by atoms with Crippen LogP contribution in [0, 0.1) is 0 Å². The van der Waals surface area contributed by atoms with Gasteiger partial charge >= 0.3 is 0 Å². The van der Waals surface area contributed by atoms with Gasteiger partial charge in [0, 0.05) is 36.9 Å². The standard InChI is InChI=1S/C14H24N4OS.HI/c1-14(2,3)12-17-11(10-20-12)4-5-16-13(15)18-6-8-19-9-7-18;/h10H,4-9H2,1-3H3,(H2,15,16);1H. The summed E-state index contributed by atoms with van der Waals surface area (Å²) >= 11 is 1.73. The Morgan fingerprint density at radius 1 is 1.43 bits per heavy atom. The van der Waals surface area contributed by atoms with E-state index in [1.54, 1.807) is 11.3 Å². The topological polar surface area (TPSA) is 63.7 Å². The zero-order valence-electron chi connectivity index (χ0n) is 13.0. The third-order valence-electron chi connectivity index (χ3n) is 3.17. The maximum Gasteiger partial charge on any atom is 0.191 e. The van der Waals surface area contributed by atoms with E-state index in [9.17, 15) is 0 Å². The largest absolute Gasteiger partial charge is 0.378 e. The van der Waals surface area contributed by atoms with Crippen molar-refractivity contribution in [3.8, 4) is 0 Å². The highest BCUT2D eigenvalue weighted by atomic mass is 127. The molecule has 0 aromatic carbocycles. The van der Waals surface area contributed by atoms with Crippen molar-refractivity contribution in [2.24, 2.45) is 10.7 Å². The Kier molecular flexibility index (Phi) is 7.35. The molecule has 1 fully saturated rings. The number of ether oxygens (including phenoxy) is 1. The Labute approximate surface area is 148 Å². The number of morpholine rings is 1. The van der Waals surface area contributed by atoms with Gasteiger partial charge in [0.15, 0.2) is 5.96 Å². The number of hydrogen-bond donors (Lipinski definition) is 1. The summed E-state index contributed by atoms with van der Waals surface area (Å²) in [6, 6.07) is 0. The minimum absolute atomic E-state index is 0. The monoisotopic (exact) mass is 424 g/mol. The first-order chi connectivity index (χ1) is 9.47. The van der Waals surface area contributed by atoms with Crippen molar-refractivity contribution in [3.05, 3.63) is 16.1 Å². The molecule has 5 nitrogen and oxygen atoms in total. The lowest BCUT2D eigenvalue weighted by Crippen LogP contribution is -2.44. The number of hydrogen-bond acceptors (Lipinski definition) is 4. The first-order valence-corrected chi connectivity index (χ1v) is 7.92. The smallest absolute Gasteiger partial charge is 0.191 e. The molecule has 1 aromatic heterocycles. The number of aromatic nitrogens is 1. The number of thiazole rings is 1. The van der Waals surface area contributed by atoms with Gasteiger partial charge in [0.05, 0.1) is 23.9 Å². The summed E-state index contributed by atoms with van der Waals surface area (Å²) in [4.78, 5) is 11.2. The molecule has 7 heteroatoms. The molecule has 2 rings (SSSR count). The number of halogens is 1. The van der Waals surface area contributed by atoms with Gasteiger partial charge in [-0.05, 0) is 0 Å². The van der Waals surface area contributed by atoms with Crippen LogP contribution in [0.4, 0.5) is 0 Å². The summed E-state index contributed by atoms with van der Waals surface area (Å²) in [5.41, 5.74) is 7.22. The van der Waals surface area contributed by atoms with Gasteiger partial charge in [0.2, 0.25) is 0 Å². The second-order valence-electron chi connectivity index (χ2n) is 5.98. The van der Waals surface area contributed by atoms with Crippen molar-refractivity contribution in [1.29, 1.82) is 0 Å². The second kappa shape index (κ2) is 8.28. The molecule has 21 heavy (non-hydrogen) atoms. The molecule has 1 aliphatic rings. The summed E-state index contributed by atoms with van der Waals surface area (Å²) in [6.45, 7) is 10.4. The first-order valence-electron chi connectivity index (χ1n) is 7.04. The van der Waals surface area contributed by atoms with Crippen LogP contribution in [0.3, 0.4) is 0 Å². The van der Waals surface area contributed by atoms with Crippen molar-refractivity contribution in [3.63, 3.8) is 0 Å². The zero-order chi connectivity index (χ0) is 14.6. The number of guanidine groups is 1. The Morgan fingerprint density at radius 3 is 2.67 bits per heavy atom. The van der Waals surface area contributed by atoms with E-state index in [-0.39, 0.29) is 29.4 Å². The van der Waals surface area contributed by atoms with Crippen molar-refractivity contribution in [1.82, 2.24) is 9.88 Å². The van der Waals surface area contributed by atoms with Crippen LogP contribution < -0.4 is 5.73 Å². The molecule has 1 aliphatic heterocycles. The molecular weight excluding hydrogens is 399 g/mol. The zero-order valence-corrected chi connectivity index (χ0v) is 16.1. The highest BCUT2D eigenvalue weighted by molar-refractivity contribution is 14.0. The van der Waals surface area contributed by atoms with E-state index < -0.39 is 0 Å². The van der Waals surface area contributed by atoms with Gasteiger partial charge in [0.25, 0.3) is 0 Å². The lowest BCUT2D eigenvalue weighted by atomic mass is 9.98. The summed E-state index contributed by atoms with van der Waals surface area (Å²) < 4.78 is 5.30. The normalized spacial score (nSPS) is 16.7. The van der Waals surface area contributed by atoms with Gasteiger partial charge < -0.3 is 15.4 Å². The van der Waals surface area contributed by atoms with Crippen LogP contribution in [0.5, 0.6) is 0 Å². The minimum Gasteiger partial charge on any atom is -0.378 e. The third-order valence-corrected chi connectivity index (χ3v) is 4.49. The van der Waals surface area contributed by atoms with Crippen molar-refractivity contribution >= 4 is 41.3 Å². The maximum absolute atomic E-state index is 5.99. The average molecular weight is 424 g/mol. The van der Waals surface area contributed by atoms with Crippen LogP contribution in [0.1, 0.15) is 31.5 Å². The highest BCUT2D eigenvalue weighted by Gasteiger charge is 2.17. The fourth-order valence-corrected chi connectivity index (χ4v) is 2.89. The Hall–Kier alpha value is -0.410. The number of aliphatic imine (C=N–C) groups is 1. The van der Waals surface area contributed by atoms with E-state index >= 15 is 0 Å². The van der Waals surface area contributed by atoms with Crippen LogP contribution >= 0.6 is 35.3 Å². The number of rotatable bonds is 3. The van der Waals surface area contributed by atoms with Crippen LogP contribution in [0.15, 0.2) is 10.4 Å². The van der Waals surface area contributed by atoms with E-state index in [4.69, 9.17) is 10.5 Å². The van der Waals surface area contributed by atoms with Gasteiger partial charge in [-0.1, -0.05) is 20.8 Å². The van der Waals surface area contributed by atoms with Crippen LogP contribution in [-0.4, -0.2) is 48.7 Å². The van der Waals surface area contributed by atoms with E-state index in [0.717, 1.165) is 38.4 Å². The predicted octanol–water partition coefficient (Wildman–Crippen LogP) is 2.25. The van der Waals surface area contributed by atoms with Crippen molar-refractivity contribution in [2.75, 3.05) is 32.8 Å². The van der Waals surface area contributed by atoms with Crippen molar-refractivity contribution < 1.29 is 4.74 Å². The molecule has 0 unspecified atom stereocenters.